The molecule has 18 heavy (non-hydrogen) atoms. The maximum atomic E-state index is 11.9. The molecule has 0 spiro atoms. The zero-order valence-electron chi connectivity index (χ0n) is 11.4. The van der Waals surface area contributed by atoms with Gasteiger partial charge in [0.05, 0.1) is 11.0 Å². The Morgan fingerprint density at radius 1 is 1.33 bits per heavy atom. The zero-order chi connectivity index (χ0) is 13.1. The minimum absolute atomic E-state index is 0.124. The van der Waals surface area contributed by atoms with Gasteiger partial charge in [-0.1, -0.05) is 13.8 Å². The summed E-state index contributed by atoms with van der Waals surface area (Å²) in [4.78, 5) is 13.9. The summed E-state index contributed by atoms with van der Waals surface area (Å²) >= 11 is 1.55. The summed E-state index contributed by atoms with van der Waals surface area (Å²) in [7, 11) is 0. The zero-order valence-corrected chi connectivity index (χ0v) is 12.3. The van der Waals surface area contributed by atoms with E-state index >= 15 is 0 Å². The summed E-state index contributed by atoms with van der Waals surface area (Å²) in [5, 5.41) is 0. The molecule has 0 aliphatic heterocycles. The van der Waals surface area contributed by atoms with Crippen molar-refractivity contribution in [3.8, 4) is 0 Å². The Morgan fingerprint density at radius 2 is 2.11 bits per heavy atom. The minimum Gasteiger partial charge on any atom is -0.370 e. The highest BCUT2D eigenvalue weighted by Crippen LogP contribution is 2.31. The van der Waals surface area contributed by atoms with Crippen molar-refractivity contribution in [2.24, 2.45) is 11.8 Å². The lowest BCUT2D eigenvalue weighted by molar-refractivity contribution is 0.00723. The second-order valence-electron chi connectivity index (χ2n) is 5.53. The molecule has 3 atom stereocenters. The maximum Gasteiger partial charge on any atom is 0.198 e. The van der Waals surface area contributed by atoms with Crippen LogP contribution in [0.3, 0.4) is 0 Å². The van der Waals surface area contributed by atoms with Crippen LogP contribution in [-0.4, -0.2) is 18.5 Å². The molecule has 1 saturated carbocycles. The van der Waals surface area contributed by atoms with E-state index in [1.807, 2.05) is 19.1 Å². The molecule has 0 bridgehead atoms. The molecule has 2 rings (SSSR count). The summed E-state index contributed by atoms with van der Waals surface area (Å²) in [5.41, 5.74) is 0. The van der Waals surface area contributed by atoms with Crippen molar-refractivity contribution in [2.75, 3.05) is 6.61 Å². The normalized spacial score (nSPS) is 28.3. The van der Waals surface area contributed by atoms with Gasteiger partial charge in [-0.05, 0) is 50.2 Å². The molecular formula is C15H22O2S. The Balaban J connectivity index is 1.80. The number of ether oxygens (including phenoxy) is 1. The first-order chi connectivity index (χ1) is 8.56. The first kappa shape index (κ1) is 13.8. The van der Waals surface area contributed by atoms with Gasteiger partial charge in [-0.15, -0.1) is 11.3 Å². The van der Waals surface area contributed by atoms with Crippen molar-refractivity contribution < 1.29 is 9.53 Å². The molecule has 0 N–H and O–H groups in total. The molecule has 1 fully saturated rings. The monoisotopic (exact) mass is 266 g/mol. The van der Waals surface area contributed by atoms with Crippen LogP contribution in [0.15, 0.2) is 12.1 Å². The second kappa shape index (κ2) is 5.98. The van der Waals surface area contributed by atoms with Crippen molar-refractivity contribution in [3.63, 3.8) is 0 Å². The van der Waals surface area contributed by atoms with Gasteiger partial charge in [0.15, 0.2) is 5.78 Å². The van der Waals surface area contributed by atoms with E-state index in [4.69, 9.17) is 4.74 Å². The van der Waals surface area contributed by atoms with E-state index in [0.29, 0.717) is 5.92 Å². The average Bonchev–Trinajstić information content (AvgIpc) is 2.77. The van der Waals surface area contributed by atoms with Gasteiger partial charge in [0.2, 0.25) is 0 Å². The standard InChI is InChI=1S/C15H22O2S/c1-10-4-6-13(8-11(10)2)17-9-14(16)15-7-5-12(3)18-15/h5,7,10-11,13H,4,6,8-9H2,1-3H3. The number of hydrogen-bond acceptors (Lipinski definition) is 3. The third-order valence-corrected chi connectivity index (χ3v) is 5.06. The molecule has 1 aromatic heterocycles. The molecule has 2 nitrogen and oxygen atoms in total. The molecular weight excluding hydrogens is 244 g/mol. The third kappa shape index (κ3) is 3.42. The van der Waals surface area contributed by atoms with Gasteiger partial charge in [-0.2, -0.15) is 0 Å². The fraction of sp³-hybridized carbons (Fsp3) is 0.667. The van der Waals surface area contributed by atoms with Gasteiger partial charge in [-0.3, -0.25) is 4.79 Å². The lowest BCUT2D eigenvalue weighted by Gasteiger charge is -2.31. The quantitative estimate of drug-likeness (QED) is 0.768. The molecule has 1 aliphatic carbocycles. The minimum atomic E-state index is 0.124. The first-order valence-electron chi connectivity index (χ1n) is 6.77. The Bertz CT molecular complexity index is 410. The number of Topliss-reactive ketones (excluding diaryl/α,β-unsaturated/α-hetero) is 1. The molecule has 1 aliphatic rings. The van der Waals surface area contributed by atoms with E-state index in [1.54, 1.807) is 11.3 Å². The first-order valence-corrected chi connectivity index (χ1v) is 7.59. The fourth-order valence-electron chi connectivity index (χ4n) is 2.50. The number of aryl methyl sites for hydroxylation is 1. The maximum absolute atomic E-state index is 11.9. The predicted molar refractivity (Wildman–Crippen MR) is 75.3 cm³/mol. The van der Waals surface area contributed by atoms with Crippen LogP contribution in [0.2, 0.25) is 0 Å². The van der Waals surface area contributed by atoms with Gasteiger partial charge in [0.1, 0.15) is 6.61 Å². The largest absolute Gasteiger partial charge is 0.370 e. The van der Waals surface area contributed by atoms with Crippen LogP contribution in [-0.2, 0) is 4.74 Å². The summed E-state index contributed by atoms with van der Waals surface area (Å²) in [6.07, 6.45) is 3.69. The molecule has 0 radical (unpaired) electrons. The van der Waals surface area contributed by atoms with Crippen LogP contribution in [0.25, 0.3) is 0 Å². The molecule has 1 aromatic rings. The van der Waals surface area contributed by atoms with Crippen molar-refractivity contribution >= 4 is 17.1 Å². The van der Waals surface area contributed by atoms with Crippen LogP contribution in [0.5, 0.6) is 0 Å². The smallest absolute Gasteiger partial charge is 0.198 e. The van der Waals surface area contributed by atoms with Gasteiger partial charge < -0.3 is 4.74 Å². The number of carbonyl (C=O) groups is 1. The molecule has 3 unspecified atom stereocenters. The van der Waals surface area contributed by atoms with Crippen LogP contribution >= 0.6 is 11.3 Å². The van der Waals surface area contributed by atoms with Crippen LogP contribution < -0.4 is 0 Å². The van der Waals surface area contributed by atoms with Crippen LogP contribution in [0.4, 0.5) is 0 Å². The van der Waals surface area contributed by atoms with Crippen molar-refractivity contribution in [2.45, 2.75) is 46.1 Å². The Morgan fingerprint density at radius 3 is 2.72 bits per heavy atom. The van der Waals surface area contributed by atoms with Gasteiger partial charge in [0, 0.05) is 4.88 Å². The number of thiophene rings is 1. The lowest BCUT2D eigenvalue weighted by Crippen LogP contribution is -2.28. The van der Waals surface area contributed by atoms with Crippen LogP contribution in [0, 0.1) is 18.8 Å². The Hall–Kier alpha value is -0.670. The summed E-state index contributed by atoms with van der Waals surface area (Å²) in [5.74, 6) is 1.63. The average molecular weight is 266 g/mol. The second-order valence-corrected chi connectivity index (χ2v) is 6.82. The summed E-state index contributed by atoms with van der Waals surface area (Å²) in [6, 6.07) is 3.89. The number of hydrogen-bond donors (Lipinski definition) is 0. The van der Waals surface area contributed by atoms with E-state index in [0.717, 1.165) is 23.6 Å². The SMILES string of the molecule is Cc1ccc(C(=O)COC2CCC(C)C(C)C2)s1. The Kier molecular flexibility index (Phi) is 4.57. The number of ketones is 1. The van der Waals surface area contributed by atoms with Crippen molar-refractivity contribution in [1.29, 1.82) is 0 Å². The molecule has 100 valence electrons. The molecule has 3 heteroatoms. The number of carbonyl (C=O) groups excluding carboxylic acids is 1. The third-order valence-electron chi connectivity index (χ3n) is 4.02. The summed E-state index contributed by atoms with van der Waals surface area (Å²) < 4.78 is 5.78. The van der Waals surface area contributed by atoms with Gasteiger partial charge in [0.25, 0.3) is 0 Å². The van der Waals surface area contributed by atoms with Crippen molar-refractivity contribution in [3.05, 3.63) is 21.9 Å². The number of rotatable bonds is 4. The Labute approximate surface area is 113 Å². The van der Waals surface area contributed by atoms with E-state index in [-0.39, 0.29) is 18.5 Å². The molecule has 0 amide bonds. The highest BCUT2D eigenvalue weighted by Gasteiger charge is 2.25. The van der Waals surface area contributed by atoms with E-state index in [9.17, 15) is 4.79 Å². The molecule has 0 saturated heterocycles. The van der Waals surface area contributed by atoms with Crippen molar-refractivity contribution in [1.82, 2.24) is 0 Å². The molecule has 0 aromatic carbocycles. The highest BCUT2D eigenvalue weighted by atomic mass is 32.1. The molecule has 1 heterocycles. The van der Waals surface area contributed by atoms with E-state index in [2.05, 4.69) is 13.8 Å². The van der Waals surface area contributed by atoms with Crippen LogP contribution in [0.1, 0.15) is 47.7 Å². The lowest BCUT2D eigenvalue weighted by atomic mass is 9.80. The van der Waals surface area contributed by atoms with E-state index in [1.165, 1.54) is 11.3 Å². The topological polar surface area (TPSA) is 26.3 Å². The van der Waals surface area contributed by atoms with Gasteiger partial charge >= 0.3 is 0 Å². The van der Waals surface area contributed by atoms with Gasteiger partial charge in [-0.25, -0.2) is 0 Å². The fourth-order valence-corrected chi connectivity index (χ4v) is 3.29. The highest BCUT2D eigenvalue weighted by molar-refractivity contribution is 7.14. The van der Waals surface area contributed by atoms with E-state index < -0.39 is 0 Å². The summed E-state index contributed by atoms with van der Waals surface area (Å²) in [6.45, 7) is 6.85. The predicted octanol–water partition coefficient (Wildman–Crippen LogP) is 4.08.